The predicted octanol–water partition coefficient (Wildman–Crippen LogP) is 2.26. The molecule has 0 saturated carbocycles. The van der Waals surface area contributed by atoms with Gasteiger partial charge in [0.1, 0.15) is 11.5 Å². The maximum Gasteiger partial charge on any atom is 0.326 e. The van der Waals surface area contributed by atoms with Crippen LogP contribution >= 0.6 is 0 Å². The van der Waals surface area contributed by atoms with Crippen molar-refractivity contribution in [3.63, 3.8) is 0 Å². The first kappa shape index (κ1) is 23.7. The van der Waals surface area contributed by atoms with Crippen molar-refractivity contribution in [1.82, 2.24) is 25.5 Å². The van der Waals surface area contributed by atoms with Crippen LogP contribution in [0.4, 0.5) is 16.6 Å². The lowest BCUT2D eigenvalue weighted by Gasteiger charge is -2.60. The van der Waals surface area contributed by atoms with Gasteiger partial charge in [0.2, 0.25) is 5.95 Å². The van der Waals surface area contributed by atoms with E-state index in [0.717, 1.165) is 18.7 Å². The highest BCUT2D eigenvalue weighted by molar-refractivity contribution is 6.13. The molecule has 3 aliphatic rings. The lowest BCUT2D eigenvalue weighted by Crippen LogP contribution is -2.73. The molecule has 0 bridgehead atoms. The zero-order chi connectivity index (χ0) is 26.3. The maximum absolute atomic E-state index is 12.7. The Kier molecular flexibility index (Phi) is 5.79. The molecular formula is C28H27N7O3. The average Bonchev–Trinajstić information content (AvgIpc) is 3.19. The van der Waals surface area contributed by atoms with Crippen LogP contribution in [0.25, 0.3) is 6.08 Å². The standard InChI is InChI=1S/C28H27N7O3/c1-33(14-19-8-4-2-5-9-19)23-13-21(12-22-24(36)32-27(38)30-22)29-26(31-23)35-17-28(18-35)15-34(16-28)25(37)20-10-6-3-7-11-20/h2-13H,14-18H2,1H3,(H2,30,32,36,38)/b22-12-. The van der Waals surface area contributed by atoms with E-state index < -0.39 is 11.9 Å². The van der Waals surface area contributed by atoms with E-state index in [0.29, 0.717) is 42.7 Å². The molecule has 2 N–H and O–H groups in total. The number of aromatic nitrogens is 2. The maximum atomic E-state index is 12.7. The summed E-state index contributed by atoms with van der Waals surface area (Å²) in [5, 5.41) is 4.73. The molecule has 0 unspecified atom stereocenters. The molecule has 1 spiro atoms. The topological polar surface area (TPSA) is 111 Å². The van der Waals surface area contributed by atoms with Crippen LogP contribution in [0.15, 0.2) is 72.4 Å². The molecule has 3 saturated heterocycles. The smallest absolute Gasteiger partial charge is 0.326 e. The molecule has 4 amide bonds. The average molecular weight is 510 g/mol. The number of imide groups is 1. The number of nitrogens with one attached hydrogen (secondary N) is 2. The fraction of sp³-hybridized carbons (Fsp3) is 0.250. The van der Waals surface area contributed by atoms with Gasteiger partial charge in [0.15, 0.2) is 0 Å². The van der Waals surface area contributed by atoms with Crippen LogP contribution in [0.1, 0.15) is 21.6 Å². The number of anilines is 2. The molecule has 0 atom stereocenters. The predicted molar refractivity (Wildman–Crippen MR) is 142 cm³/mol. The quantitative estimate of drug-likeness (QED) is 0.387. The van der Waals surface area contributed by atoms with Gasteiger partial charge in [-0.15, -0.1) is 0 Å². The first-order valence-electron chi connectivity index (χ1n) is 12.4. The third-order valence-corrected chi connectivity index (χ3v) is 7.08. The van der Waals surface area contributed by atoms with Gasteiger partial charge in [-0.05, 0) is 23.8 Å². The van der Waals surface area contributed by atoms with Crippen molar-refractivity contribution in [2.75, 3.05) is 43.0 Å². The molecule has 4 heterocycles. The Labute approximate surface area is 220 Å². The molecule has 3 aliphatic heterocycles. The van der Waals surface area contributed by atoms with Crippen molar-refractivity contribution in [1.29, 1.82) is 0 Å². The van der Waals surface area contributed by atoms with E-state index in [1.54, 1.807) is 12.1 Å². The number of rotatable bonds is 6. The van der Waals surface area contributed by atoms with Gasteiger partial charge < -0.3 is 20.0 Å². The van der Waals surface area contributed by atoms with Gasteiger partial charge in [-0.25, -0.2) is 9.78 Å². The Morgan fingerprint density at radius 2 is 1.66 bits per heavy atom. The molecule has 0 radical (unpaired) electrons. The molecule has 2 aromatic carbocycles. The number of carbonyl (C=O) groups excluding carboxylic acids is 3. The zero-order valence-corrected chi connectivity index (χ0v) is 20.9. The Morgan fingerprint density at radius 1 is 0.974 bits per heavy atom. The number of hydrogen-bond acceptors (Lipinski definition) is 7. The monoisotopic (exact) mass is 509 g/mol. The molecule has 3 aromatic rings. The van der Waals surface area contributed by atoms with Gasteiger partial charge in [0.25, 0.3) is 11.8 Å². The highest BCUT2D eigenvalue weighted by Crippen LogP contribution is 2.42. The number of urea groups is 1. The Morgan fingerprint density at radius 3 is 2.32 bits per heavy atom. The van der Waals surface area contributed by atoms with E-state index in [4.69, 9.17) is 9.97 Å². The zero-order valence-electron chi connectivity index (χ0n) is 20.9. The van der Waals surface area contributed by atoms with Crippen LogP contribution in [0, 0.1) is 5.41 Å². The lowest BCUT2D eigenvalue weighted by molar-refractivity contribution is -0.115. The molecule has 10 heteroatoms. The number of amides is 4. The van der Waals surface area contributed by atoms with Gasteiger partial charge in [-0.1, -0.05) is 48.5 Å². The summed E-state index contributed by atoms with van der Waals surface area (Å²) in [5.41, 5.74) is 2.55. The third-order valence-electron chi connectivity index (χ3n) is 7.08. The number of carbonyl (C=O) groups is 3. The summed E-state index contributed by atoms with van der Waals surface area (Å²) in [6, 6.07) is 20.7. The van der Waals surface area contributed by atoms with Gasteiger partial charge >= 0.3 is 6.03 Å². The van der Waals surface area contributed by atoms with Crippen molar-refractivity contribution in [3.8, 4) is 0 Å². The number of likely N-dealkylation sites (tertiary alicyclic amines) is 1. The van der Waals surface area contributed by atoms with Crippen molar-refractivity contribution < 1.29 is 14.4 Å². The number of benzene rings is 2. The second-order valence-corrected chi connectivity index (χ2v) is 10.1. The minimum atomic E-state index is -0.554. The Hall–Kier alpha value is -4.73. The van der Waals surface area contributed by atoms with Crippen molar-refractivity contribution >= 4 is 35.7 Å². The fourth-order valence-corrected chi connectivity index (χ4v) is 5.19. The molecule has 0 aliphatic carbocycles. The highest BCUT2D eigenvalue weighted by atomic mass is 16.2. The van der Waals surface area contributed by atoms with Crippen LogP contribution in [-0.2, 0) is 11.3 Å². The van der Waals surface area contributed by atoms with E-state index in [1.807, 2.05) is 65.4 Å². The van der Waals surface area contributed by atoms with Gasteiger partial charge in [-0.2, -0.15) is 4.98 Å². The largest absolute Gasteiger partial charge is 0.355 e. The Bertz CT molecular complexity index is 1430. The third kappa shape index (κ3) is 4.56. The van der Waals surface area contributed by atoms with E-state index >= 15 is 0 Å². The summed E-state index contributed by atoms with van der Waals surface area (Å²) in [4.78, 5) is 51.9. The number of nitrogens with zero attached hydrogens (tertiary/aromatic N) is 5. The highest BCUT2D eigenvalue weighted by Gasteiger charge is 2.54. The van der Waals surface area contributed by atoms with Crippen molar-refractivity contribution in [3.05, 3.63) is 89.2 Å². The second-order valence-electron chi connectivity index (χ2n) is 10.1. The fourth-order valence-electron chi connectivity index (χ4n) is 5.19. The summed E-state index contributed by atoms with van der Waals surface area (Å²) >= 11 is 0. The lowest BCUT2D eigenvalue weighted by atomic mass is 9.72. The number of hydrogen-bond donors (Lipinski definition) is 2. The summed E-state index contributed by atoms with van der Waals surface area (Å²) in [5.74, 6) is 0.819. The van der Waals surface area contributed by atoms with Crippen LogP contribution in [0.3, 0.4) is 0 Å². The van der Waals surface area contributed by atoms with E-state index in [9.17, 15) is 14.4 Å². The van der Waals surface area contributed by atoms with E-state index in [-0.39, 0.29) is 17.0 Å². The van der Waals surface area contributed by atoms with Crippen LogP contribution in [0.5, 0.6) is 0 Å². The molecule has 38 heavy (non-hydrogen) atoms. The SMILES string of the molecule is CN(Cc1ccccc1)c1cc(/C=C2\NC(=O)NC2=O)nc(N2CC3(CN(C(=O)c4ccccc4)C3)C2)n1. The summed E-state index contributed by atoms with van der Waals surface area (Å²) in [6.07, 6.45) is 1.56. The van der Waals surface area contributed by atoms with Crippen molar-refractivity contribution in [2.45, 2.75) is 6.54 Å². The molecule has 6 rings (SSSR count). The van der Waals surface area contributed by atoms with Crippen LogP contribution in [0.2, 0.25) is 0 Å². The normalized spacial score (nSPS) is 18.6. The molecular weight excluding hydrogens is 482 g/mol. The molecule has 3 fully saturated rings. The summed E-state index contributed by atoms with van der Waals surface area (Å²) in [7, 11) is 1.96. The first-order valence-corrected chi connectivity index (χ1v) is 12.4. The molecule has 192 valence electrons. The Balaban J connectivity index is 1.20. The van der Waals surface area contributed by atoms with Gasteiger partial charge in [-0.3, -0.25) is 14.9 Å². The van der Waals surface area contributed by atoms with Crippen molar-refractivity contribution in [2.24, 2.45) is 5.41 Å². The second kappa shape index (κ2) is 9.29. The summed E-state index contributed by atoms with van der Waals surface area (Å²) < 4.78 is 0. The van der Waals surface area contributed by atoms with Gasteiger partial charge in [0, 0.05) is 56.8 Å². The van der Waals surface area contributed by atoms with Gasteiger partial charge in [0.05, 0.1) is 5.69 Å². The minimum Gasteiger partial charge on any atom is -0.355 e. The first-order chi connectivity index (χ1) is 18.4. The van der Waals surface area contributed by atoms with Crippen LogP contribution < -0.4 is 20.4 Å². The molecule has 10 nitrogen and oxygen atoms in total. The van der Waals surface area contributed by atoms with E-state index in [1.165, 1.54) is 0 Å². The molecule has 1 aromatic heterocycles. The minimum absolute atomic E-state index is 0.0394. The van der Waals surface area contributed by atoms with E-state index in [2.05, 4.69) is 27.7 Å². The van der Waals surface area contributed by atoms with Crippen LogP contribution in [-0.4, -0.2) is 65.9 Å². The summed E-state index contributed by atoms with van der Waals surface area (Å²) in [6.45, 7) is 3.53.